The molecule has 1 aromatic rings. The zero-order valence-electron chi connectivity index (χ0n) is 9.34. The molecule has 1 saturated heterocycles. The quantitative estimate of drug-likeness (QED) is 0.883. The second kappa shape index (κ2) is 5.63. The first-order valence-corrected chi connectivity index (χ1v) is 7.16. The number of hydrogen-bond donors (Lipinski definition) is 1. The Morgan fingerprint density at radius 1 is 1.12 bits per heavy atom. The van der Waals surface area contributed by atoms with E-state index in [4.69, 9.17) is 0 Å². The molecule has 1 aliphatic heterocycles. The average molecular weight is 348 g/mol. The lowest BCUT2D eigenvalue weighted by molar-refractivity contribution is 0.185. The highest BCUT2D eigenvalue weighted by Crippen LogP contribution is 2.27. The molecule has 88 valence electrons. The summed E-state index contributed by atoms with van der Waals surface area (Å²) in [6, 6.07) is 6.97. The van der Waals surface area contributed by atoms with E-state index in [0.717, 1.165) is 35.1 Å². The summed E-state index contributed by atoms with van der Waals surface area (Å²) >= 11 is 7.09. The van der Waals surface area contributed by atoms with Crippen LogP contribution in [0, 0.1) is 0 Å². The Morgan fingerprint density at radius 2 is 1.69 bits per heavy atom. The summed E-state index contributed by atoms with van der Waals surface area (Å²) in [4.78, 5) is 2.52. The van der Waals surface area contributed by atoms with Gasteiger partial charge in [0.05, 0.1) is 0 Å². The minimum absolute atomic E-state index is 0.482. The summed E-state index contributed by atoms with van der Waals surface area (Å²) in [6.45, 7) is 6.73. The maximum Gasteiger partial charge on any atom is 0.0321 e. The molecule has 1 fully saturated rings. The molecule has 1 aromatic carbocycles. The third-order valence-electron chi connectivity index (χ3n) is 3.07. The molecular weight excluding hydrogens is 332 g/mol. The molecule has 0 saturated carbocycles. The summed E-state index contributed by atoms with van der Waals surface area (Å²) in [5.41, 5.74) is 1.36. The number of benzene rings is 1. The Bertz CT molecular complexity index is 342. The number of nitrogens with one attached hydrogen (secondary N) is 1. The molecule has 1 aliphatic rings. The van der Waals surface area contributed by atoms with Gasteiger partial charge < -0.3 is 5.32 Å². The number of halogens is 2. The van der Waals surface area contributed by atoms with Crippen LogP contribution in [0.4, 0.5) is 0 Å². The number of hydrogen-bond acceptors (Lipinski definition) is 2. The van der Waals surface area contributed by atoms with Gasteiger partial charge in [-0.3, -0.25) is 4.90 Å². The van der Waals surface area contributed by atoms with Gasteiger partial charge in [-0.05, 0) is 30.7 Å². The van der Waals surface area contributed by atoms with E-state index in [0.29, 0.717) is 6.04 Å². The fourth-order valence-electron chi connectivity index (χ4n) is 2.10. The maximum atomic E-state index is 3.54. The van der Waals surface area contributed by atoms with Gasteiger partial charge in [0, 0.05) is 41.2 Å². The van der Waals surface area contributed by atoms with Gasteiger partial charge in [-0.25, -0.2) is 0 Å². The third kappa shape index (κ3) is 3.06. The lowest BCUT2D eigenvalue weighted by Crippen LogP contribution is -2.44. The highest BCUT2D eigenvalue weighted by molar-refractivity contribution is 9.11. The summed E-state index contributed by atoms with van der Waals surface area (Å²) in [5, 5.41) is 3.38. The van der Waals surface area contributed by atoms with Crippen molar-refractivity contribution in [2.75, 3.05) is 26.2 Å². The Balaban J connectivity index is 2.15. The van der Waals surface area contributed by atoms with Crippen molar-refractivity contribution >= 4 is 31.9 Å². The van der Waals surface area contributed by atoms with Crippen molar-refractivity contribution in [3.05, 3.63) is 32.7 Å². The van der Waals surface area contributed by atoms with Gasteiger partial charge in [0.2, 0.25) is 0 Å². The van der Waals surface area contributed by atoms with E-state index in [-0.39, 0.29) is 0 Å². The molecule has 1 atom stereocenters. The number of nitrogens with zero attached hydrogens (tertiary/aromatic N) is 1. The minimum atomic E-state index is 0.482. The molecule has 16 heavy (non-hydrogen) atoms. The van der Waals surface area contributed by atoms with Gasteiger partial charge in [-0.15, -0.1) is 0 Å². The maximum absolute atomic E-state index is 3.54. The highest BCUT2D eigenvalue weighted by atomic mass is 79.9. The minimum Gasteiger partial charge on any atom is -0.314 e. The van der Waals surface area contributed by atoms with Crippen molar-refractivity contribution in [3.63, 3.8) is 0 Å². The van der Waals surface area contributed by atoms with Crippen LogP contribution in [0.3, 0.4) is 0 Å². The lowest BCUT2D eigenvalue weighted by atomic mass is 10.1. The molecule has 1 heterocycles. The van der Waals surface area contributed by atoms with Gasteiger partial charge in [0.1, 0.15) is 0 Å². The van der Waals surface area contributed by atoms with E-state index < -0.39 is 0 Å². The van der Waals surface area contributed by atoms with E-state index in [1.165, 1.54) is 5.56 Å². The normalized spacial score (nSPS) is 19.7. The summed E-state index contributed by atoms with van der Waals surface area (Å²) in [6.07, 6.45) is 0. The van der Waals surface area contributed by atoms with E-state index in [9.17, 15) is 0 Å². The Hall–Kier alpha value is 0.1000. The SMILES string of the molecule is C[C@H](c1cc(Br)cc(Br)c1)N1CCNCC1. The molecule has 2 nitrogen and oxygen atoms in total. The molecule has 4 heteroatoms. The fourth-order valence-corrected chi connectivity index (χ4v) is 3.43. The van der Waals surface area contributed by atoms with Crippen LogP contribution in [-0.4, -0.2) is 31.1 Å². The van der Waals surface area contributed by atoms with Crippen LogP contribution in [0.25, 0.3) is 0 Å². The molecule has 0 aliphatic carbocycles. The van der Waals surface area contributed by atoms with Crippen molar-refractivity contribution in [3.8, 4) is 0 Å². The predicted octanol–water partition coefficient (Wildman–Crippen LogP) is 3.18. The van der Waals surface area contributed by atoms with Gasteiger partial charge in [0.15, 0.2) is 0 Å². The second-order valence-corrected chi connectivity index (χ2v) is 6.00. The van der Waals surface area contributed by atoms with Crippen molar-refractivity contribution in [1.29, 1.82) is 0 Å². The molecule has 0 spiro atoms. The lowest BCUT2D eigenvalue weighted by Gasteiger charge is -2.33. The second-order valence-electron chi connectivity index (χ2n) is 4.16. The van der Waals surface area contributed by atoms with Crippen LogP contribution in [0.5, 0.6) is 0 Å². The van der Waals surface area contributed by atoms with E-state index in [1.807, 2.05) is 0 Å². The monoisotopic (exact) mass is 346 g/mol. The zero-order valence-corrected chi connectivity index (χ0v) is 12.5. The largest absolute Gasteiger partial charge is 0.314 e. The molecule has 0 radical (unpaired) electrons. The summed E-state index contributed by atoms with van der Waals surface area (Å²) < 4.78 is 2.28. The zero-order chi connectivity index (χ0) is 11.5. The number of piperazine rings is 1. The first-order chi connectivity index (χ1) is 7.66. The molecule has 0 unspecified atom stereocenters. The van der Waals surface area contributed by atoms with E-state index in [1.54, 1.807) is 0 Å². The Morgan fingerprint density at radius 3 is 2.25 bits per heavy atom. The highest BCUT2D eigenvalue weighted by Gasteiger charge is 2.18. The Labute approximate surface area is 114 Å². The van der Waals surface area contributed by atoms with Gasteiger partial charge in [0.25, 0.3) is 0 Å². The molecule has 0 aromatic heterocycles. The van der Waals surface area contributed by atoms with Gasteiger partial charge in [-0.2, -0.15) is 0 Å². The number of rotatable bonds is 2. The first-order valence-electron chi connectivity index (χ1n) is 5.57. The van der Waals surface area contributed by atoms with Crippen LogP contribution in [-0.2, 0) is 0 Å². The van der Waals surface area contributed by atoms with Crippen molar-refractivity contribution in [2.24, 2.45) is 0 Å². The van der Waals surface area contributed by atoms with Crippen LogP contribution < -0.4 is 5.32 Å². The molecule has 1 N–H and O–H groups in total. The topological polar surface area (TPSA) is 15.3 Å². The van der Waals surface area contributed by atoms with E-state index >= 15 is 0 Å². The van der Waals surface area contributed by atoms with Gasteiger partial charge in [-0.1, -0.05) is 31.9 Å². The van der Waals surface area contributed by atoms with Gasteiger partial charge >= 0.3 is 0 Å². The first kappa shape index (κ1) is 12.6. The summed E-state index contributed by atoms with van der Waals surface area (Å²) in [5.74, 6) is 0. The van der Waals surface area contributed by atoms with E-state index in [2.05, 4.69) is 67.2 Å². The Kier molecular flexibility index (Phi) is 4.41. The average Bonchev–Trinajstić information content (AvgIpc) is 2.28. The smallest absolute Gasteiger partial charge is 0.0321 e. The molecular formula is C12H16Br2N2. The van der Waals surface area contributed by atoms with Crippen molar-refractivity contribution in [1.82, 2.24) is 10.2 Å². The third-order valence-corrected chi connectivity index (χ3v) is 3.98. The predicted molar refractivity (Wildman–Crippen MR) is 74.7 cm³/mol. The van der Waals surface area contributed by atoms with Crippen LogP contribution in [0.2, 0.25) is 0 Å². The molecule has 0 amide bonds. The standard InChI is InChI=1S/C12H16Br2N2/c1-9(16-4-2-15-3-5-16)10-6-11(13)8-12(14)7-10/h6-9,15H,2-5H2,1H3/t9-/m1/s1. The van der Waals surface area contributed by atoms with Crippen LogP contribution >= 0.6 is 31.9 Å². The fraction of sp³-hybridized carbons (Fsp3) is 0.500. The molecule has 0 bridgehead atoms. The summed E-state index contributed by atoms with van der Waals surface area (Å²) in [7, 11) is 0. The molecule has 2 rings (SSSR count). The van der Waals surface area contributed by atoms with Crippen LogP contribution in [0.1, 0.15) is 18.5 Å². The van der Waals surface area contributed by atoms with Crippen molar-refractivity contribution in [2.45, 2.75) is 13.0 Å². The van der Waals surface area contributed by atoms with Crippen molar-refractivity contribution < 1.29 is 0 Å². The van der Waals surface area contributed by atoms with Crippen LogP contribution in [0.15, 0.2) is 27.1 Å².